The first-order valence-electron chi connectivity index (χ1n) is 6.66. The zero-order chi connectivity index (χ0) is 14.6. The second kappa shape index (κ2) is 6.05. The molecule has 1 saturated heterocycles. The smallest absolute Gasteiger partial charge is 0.314 e. The molecule has 1 amide bonds. The van der Waals surface area contributed by atoms with E-state index >= 15 is 0 Å². The van der Waals surface area contributed by atoms with Gasteiger partial charge in [0, 0.05) is 18.7 Å². The Morgan fingerprint density at radius 3 is 2.35 bits per heavy atom. The molecular weight excluding hydrogens is 258 g/mol. The van der Waals surface area contributed by atoms with Crippen LogP contribution in [-0.4, -0.2) is 48.7 Å². The van der Waals surface area contributed by atoms with Crippen molar-refractivity contribution >= 4 is 11.9 Å². The van der Waals surface area contributed by atoms with Gasteiger partial charge in [0.15, 0.2) is 0 Å². The maximum Gasteiger partial charge on any atom is 0.314 e. The monoisotopic (exact) mass is 277 g/mol. The zero-order valence-corrected chi connectivity index (χ0v) is 11.5. The van der Waals surface area contributed by atoms with Crippen LogP contribution in [0.1, 0.15) is 23.2 Å². The second-order valence-electron chi connectivity index (χ2n) is 5.09. The summed E-state index contributed by atoms with van der Waals surface area (Å²) in [6, 6.07) is 9.06. The lowest BCUT2D eigenvalue weighted by atomic mass is 9.79. The molecule has 2 rings (SSSR count). The normalized spacial score (nSPS) is 17.6. The maximum absolute atomic E-state index is 12.3. The number of aliphatic hydroxyl groups excluding tert-OH is 1. The highest BCUT2D eigenvalue weighted by atomic mass is 16.5. The number of ether oxygens (including phenoxy) is 1. The average molecular weight is 277 g/mol. The van der Waals surface area contributed by atoms with Crippen LogP contribution >= 0.6 is 0 Å². The number of aliphatic hydroxyl groups is 1. The lowest BCUT2D eigenvalue weighted by molar-refractivity contribution is -0.158. The van der Waals surface area contributed by atoms with Crippen LogP contribution in [0.15, 0.2) is 30.3 Å². The first kappa shape index (κ1) is 14.5. The van der Waals surface area contributed by atoms with Gasteiger partial charge in [0.25, 0.3) is 5.91 Å². The number of benzene rings is 1. The zero-order valence-electron chi connectivity index (χ0n) is 11.5. The highest BCUT2D eigenvalue weighted by molar-refractivity contribution is 5.94. The van der Waals surface area contributed by atoms with Crippen molar-refractivity contribution in [1.29, 1.82) is 0 Å². The molecule has 1 aliphatic heterocycles. The van der Waals surface area contributed by atoms with Gasteiger partial charge in [0.1, 0.15) is 0 Å². The fourth-order valence-corrected chi connectivity index (χ4v) is 2.54. The van der Waals surface area contributed by atoms with E-state index < -0.39 is 11.4 Å². The van der Waals surface area contributed by atoms with Crippen molar-refractivity contribution in [2.45, 2.75) is 12.8 Å². The summed E-state index contributed by atoms with van der Waals surface area (Å²) in [5, 5.41) is 9.48. The first-order chi connectivity index (χ1) is 9.63. The molecule has 0 spiro atoms. The highest BCUT2D eigenvalue weighted by Gasteiger charge is 2.42. The summed E-state index contributed by atoms with van der Waals surface area (Å²) in [6.45, 7) is 0.653. The number of esters is 1. The molecule has 1 aromatic carbocycles. The standard InChI is InChI=1S/C15H19NO4/c1-20-14(19)15(11-17)7-9-16(10-8-15)13(18)12-5-3-2-4-6-12/h2-6,17H,7-11H2,1H3. The molecule has 5 heteroatoms. The summed E-state index contributed by atoms with van der Waals surface area (Å²) in [6.07, 6.45) is 0.851. The number of nitrogens with zero attached hydrogens (tertiary/aromatic N) is 1. The van der Waals surface area contributed by atoms with Crippen LogP contribution in [0.4, 0.5) is 0 Å². The lowest BCUT2D eigenvalue weighted by Crippen LogP contribution is -2.48. The molecule has 1 heterocycles. The average Bonchev–Trinajstić information content (AvgIpc) is 2.54. The van der Waals surface area contributed by atoms with Crippen molar-refractivity contribution in [3.05, 3.63) is 35.9 Å². The van der Waals surface area contributed by atoms with Gasteiger partial charge in [-0.2, -0.15) is 0 Å². The SMILES string of the molecule is COC(=O)C1(CO)CCN(C(=O)c2ccccc2)CC1. The summed E-state index contributed by atoms with van der Waals surface area (Å²) in [5.74, 6) is -0.436. The Morgan fingerprint density at radius 2 is 1.85 bits per heavy atom. The number of methoxy groups -OCH3 is 1. The molecule has 0 aliphatic carbocycles. The van der Waals surface area contributed by atoms with Crippen LogP contribution < -0.4 is 0 Å². The van der Waals surface area contributed by atoms with Crippen LogP contribution in [0.5, 0.6) is 0 Å². The number of rotatable bonds is 3. The van der Waals surface area contributed by atoms with Crippen LogP contribution in [0.25, 0.3) is 0 Å². The molecule has 108 valence electrons. The van der Waals surface area contributed by atoms with E-state index in [1.54, 1.807) is 17.0 Å². The number of piperidine rings is 1. The topological polar surface area (TPSA) is 66.8 Å². The van der Waals surface area contributed by atoms with E-state index in [0.717, 1.165) is 0 Å². The van der Waals surface area contributed by atoms with Gasteiger partial charge in [-0.3, -0.25) is 9.59 Å². The minimum absolute atomic E-state index is 0.0398. The Hall–Kier alpha value is -1.88. The van der Waals surface area contributed by atoms with Gasteiger partial charge in [-0.1, -0.05) is 18.2 Å². The van der Waals surface area contributed by atoms with E-state index in [9.17, 15) is 14.7 Å². The van der Waals surface area contributed by atoms with Gasteiger partial charge in [0.05, 0.1) is 19.1 Å². The highest BCUT2D eigenvalue weighted by Crippen LogP contribution is 2.32. The van der Waals surface area contributed by atoms with Crippen molar-refractivity contribution in [2.24, 2.45) is 5.41 Å². The van der Waals surface area contributed by atoms with Gasteiger partial charge >= 0.3 is 5.97 Å². The molecule has 0 unspecified atom stereocenters. The third-order valence-electron chi connectivity index (χ3n) is 3.95. The van der Waals surface area contributed by atoms with E-state index in [-0.39, 0.29) is 12.5 Å². The number of carbonyl (C=O) groups is 2. The van der Waals surface area contributed by atoms with E-state index in [4.69, 9.17) is 4.74 Å². The molecule has 0 aromatic heterocycles. The van der Waals surface area contributed by atoms with Crippen molar-refractivity contribution < 1.29 is 19.4 Å². The number of likely N-dealkylation sites (tertiary alicyclic amines) is 1. The first-order valence-corrected chi connectivity index (χ1v) is 6.66. The van der Waals surface area contributed by atoms with Crippen molar-refractivity contribution in [1.82, 2.24) is 4.90 Å². The van der Waals surface area contributed by atoms with Gasteiger partial charge in [-0.15, -0.1) is 0 Å². The molecule has 0 radical (unpaired) electrons. The van der Waals surface area contributed by atoms with Crippen LogP contribution in [0.2, 0.25) is 0 Å². The Kier molecular flexibility index (Phi) is 4.39. The van der Waals surface area contributed by atoms with Crippen LogP contribution in [0.3, 0.4) is 0 Å². The third kappa shape index (κ3) is 2.67. The van der Waals surface area contributed by atoms with E-state index in [0.29, 0.717) is 31.5 Å². The summed E-state index contributed by atoms with van der Waals surface area (Å²) in [5.41, 5.74) is -0.218. The Bertz CT molecular complexity index is 478. The van der Waals surface area contributed by atoms with Gasteiger partial charge in [-0.25, -0.2) is 0 Å². The lowest BCUT2D eigenvalue weighted by Gasteiger charge is -2.38. The van der Waals surface area contributed by atoms with Crippen molar-refractivity contribution in [3.8, 4) is 0 Å². The number of carbonyl (C=O) groups excluding carboxylic acids is 2. The molecule has 1 fully saturated rings. The fraction of sp³-hybridized carbons (Fsp3) is 0.467. The molecule has 1 N–H and O–H groups in total. The molecule has 20 heavy (non-hydrogen) atoms. The predicted octanol–water partition coefficient (Wildman–Crippen LogP) is 1.07. The number of hydrogen-bond acceptors (Lipinski definition) is 4. The van der Waals surface area contributed by atoms with E-state index in [1.807, 2.05) is 18.2 Å². The molecule has 0 bridgehead atoms. The van der Waals surface area contributed by atoms with E-state index in [2.05, 4.69) is 0 Å². The Morgan fingerprint density at radius 1 is 1.25 bits per heavy atom. The predicted molar refractivity (Wildman–Crippen MR) is 73.1 cm³/mol. The number of amides is 1. The molecule has 1 aromatic rings. The fourth-order valence-electron chi connectivity index (χ4n) is 2.54. The minimum Gasteiger partial charge on any atom is -0.469 e. The van der Waals surface area contributed by atoms with Crippen LogP contribution in [0, 0.1) is 5.41 Å². The summed E-state index contributed by atoms with van der Waals surface area (Å²) >= 11 is 0. The van der Waals surface area contributed by atoms with Crippen LogP contribution in [-0.2, 0) is 9.53 Å². The minimum atomic E-state index is -0.859. The van der Waals surface area contributed by atoms with E-state index in [1.165, 1.54) is 7.11 Å². The molecule has 5 nitrogen and oxygen atoms in total. The Balaban J connectivity index is 2.04. The molecule has 1 aliphatic rings. The molecular formula is C15H19NO4. The number of hydrogen-bond donors (Lipinski definition) is 1. The van der Waals surface area contributed by atoms with Crippen molar-refractivity contribution in [3.63, 3.8) is 0 Å². The van der Waals surface area contributed by atoms with Gasteiger partial charge in [0.2, 0.25) is 0 Å². The van der Waals surface area contributed by atoms with Gasteiger partial charge in [-0.05, 0) is 25.0 Å². The molecule has 0 atom stereocenters. The second-order valence-corrected chi connectivity index (χ2v) is 5.09. The largest absolute Gasteiger partial charge is 0.469 e. The third-order valence-corrected chi connectivity index (χ3v) is 3.95. The summed E-state index contributed by atoms with van der Waals surface area (Å²) in [7, 11) is 1.32. The maximum atomic E-state index is 12.3. The summed E-state index contributed by atoms with van der Waals surface area (Å²) < 4.78 is 4.76. The molecule has 0 saturated carbocycles. The Labute approximate surface area is 118 Å². The van der Waals surface area contributed by atoms with Crippen molar-refractivity contribution in [2.75, 3.05) is 26.8 Å². The summed E-state index contributed by atoms with van der Waals surface area (Å²) in [4.78, 5) is 25.8. The quantitative estimate of drug-likeness (QED) is 0.839. The van der Waals surface area contributed by atoms with Gasteiger partial charge < -0.3 is 14.7 Å².